The first-order chi connectivity index (χ1) is 9.58. The zero-order chi connectivity index (χ0) is 14.3. The second kappa shape index (κ2) is 4.38. The summed E-state index contributed by atoms with van der Waals surface area (Å²) in [6.45, 7) is 0. The summed E-state index contributed by atoms with van der Waals surface area (Å²) in [6, 6.07) is 9.84. The Labute approximate surface area is 114 Å². The van der Waals surface area contributed by atoms with E-state index in [1.807, 2.05) is 17.8 Å². The van der Waals surface area contributed by atoms with Crippen molar-refractivity contribution in [1.82, 2.24) is 9.13 Å². The van der Waals surface area contributed by atoms with Crippen molar-refractivity contribution in [3.8, 4) is 5.69 Å². The van der Waals surface area contributed by atoms with Gasteiger partial charge in [0.15, 0.2) is 0 Å². The number of pyridine rings is 1. The van der Waals surface area contributed by atoms with E-state index in [1.54, 1.807) is 41.1 Å². The molecule has 0 atom stereocenters. The molecule has 5 nitrogen and oxygen atoms in total. The first kappa shape index (κ1) is 12.2. The molecule has 20 heavy (non-hydrogen) atoms. The number of aromatic carboxylic acids is 1. The summed E-state index contributed by atoms with van der Waals surface area (Å²) in [5.74, 6) is -0.966. The fraction of sp³-hybridized carbons (Fsp3) is 0.0667. The number of benzene rings is 1. The molecular formula is C15H12N2O3. The minimum Gasteiger partial charge on any atom is -0.478 e. The van der Waals surface area contributed by atoms with Crippen LogP contribution in [0.4, 0.5) is 0 Å². The number of aryl methyl sites for hydroxylation is 1. The molecule has 0 radical (unpaired) electrons. The average Bonchev–Trinajstić information content (AvgIpc) is 2.76. The van der Waals surface area contributed by atoms with Gasteiger partial charge in [0.1, 0.15) is 0 Å². The van der Waals surface area contributed by atoms with Gasteiger partial charge in [-0.1, -0.05) is 6.07 Å². The molecule has 0 saturated heterocycles. The summed E-state index contributed by atoms with van der Waals surface area (Å²) in [5.41, 5.74) is 1.62. The van der Waals surface area contributed by atoms with Gasteiger partial charge in [-0.05, 0) is 24.3 Å². The molecule has 0 saturated carbocycles. The SMILES string of the molecule is Cn1cc(-n2ccccc2=O)c2ccc(C(=O)O)cc21. The lowest BCUT2D eigenvalue weighted by molar-refractivity contribution is 0.0697. The van der Waals surface area contributed by atoms with E-state index in [-0.39, 0.29) is 11.1 Å². The van der Waals surface area contributed by atoms with Gasteiger partial charge < -0.3 is 9.67 Å². The molecule has 2 aromatic heterocycles. The predicted octanol–water partition coefficient (Wildman–Crippen LogP) is 2.03. The molecule has 2 heterocycles. The Kier molecular flexibility index (Phi) is 2.68. The van der Waals surface area contributed by atoms with E-state index in [2.05, 4.69) is 0 Å². The van der Waals surface area contributed by atoms with Gasteiger partial charge in [0.05, 0.1) is 16.8 Å². The molecule has 0 bridgehead atoms. The molecule has 3 aromatic rings. The Morgan fingerprint density at radius 3 is 2.70 bits per heavy atom. The van der Waals surface area contributed by atoms with Gasteiger partial charge in [0, 0.05) is 30.9 Å². The largest absolute Gasteiger partial charge is 0.478 e. The predicted molar refractivity (Wildman–Crippen MR) is 75.5 cm³/mol. The third-order valence-corrected chi connectivity index (χ3v) is 3.30. The van der Waals surface area contributed by atoms with Crippen molar-refractivity contribution in [2.45, 2.75) is 0 Å². The first-order valence-corrected chi connectivity index (χ1v) is 6.08. The van der Waals surface area contributed by atoms with Crippen LogP contribution in [0.3, 0.4) is 0 Å². The van der Waals surface area contributed by atoms with Crippen LogP contribution in [-0.2, 0) is 7.05 Å². The maximum absolute atomic E-state index is 11.9. The summed E-state index contributed by atoms with van der Waals surface area (Å²) >= 11 is 0. The molecule has 100 valence electrons. The van der Waals surface area contributed by atoms with Crippen molar-refractivity contribution < 1.29 is 9.90 Å². The van der Waals surface area contributed by atoms with E-state index in [0.717, 1.165) is 16.6 Å². The monoisotopic (exact) mass is 268 g/mol. The highest BCUT2D eigenvalue weighted by molar-refractivity contribution is 5.96. The van der Waals surface area contributed by atoms with E-state index in [9.17, 15) is 9.59 Å². The van der Waals surface area contributed by atoms with Crippen LogP contribution in [0.5, 0.6) is 0 Å². The third-order valence-electron chi connectivity index (χ3n) is 3.30. The Morgan fingerprint density at radius 2 is 2.00 bits per heavy atom. The Hall–Kier alpha value is -2.82. The van der Waals surface area contributed by atoms with E-state index >= 15 is 0 Å². The van der Waals surface area contributed by atoms with Crippen LogP contribution >= 0.6 is 0 Å². The van der Waals surface area contributed by atoms with Gasteiger partial charge in [-0.25, -0.2) is 4.79 Å². The molecule has 0 spiro atoms. The second-order valence-electron chi connectivity index (χ2n) is 4.57. The maximum atomic E-state index is 11.9. The molecule has 3 rings (SSSR count). The van der Waals surface area contributed by atoms with Crippen molar-refractivity contribution in [2.75, 3.05) is 0 Å². The van der Waals surface area contributed by atoms with Gasteiger partial charge in [-0.3, -0.25) is 9.36 Å². The quantitative estimate of drug-likeness (QED) is 0.773. The minimum atomic E-state index is -0.966. The van der Waals surface area contributed by atoms with Crippen molar-refractivity contribution in [3.63, 3.8) is 0 Å². The lowest BCUT2D eigenvalue weighted by atomic mass is 10.1. The van der Waals surface area contributed by atoms with Crippen LogP contribution < -0.4 is 5.56 Å². The van der Waals surface area contributed by atoms with Crippen LogP contribution in [0.15, 0.2) is 53.6 Å². The zero-order valence-electron chi connectivity index (χ0n) is 10.8. The first-order valence-electron chi connectivity index (χ1n) is 6.08. The van der Waals surface area contributed by atoms with E-state index in [4.69, 9.17) is 5.11 Å². The van der Waals surface area contributed by atoms with Crippen LogP contribution in [0.1, 0.15) is 10.4 Å². The number of rotatable bonds is 2. The van der Waals surface area contributed by atoms with Gasteiger partial charge in [-0.15, -0.1) is 0 Å². The van der Waals surface area contributed by atoms with Gasteiger partial charge in [-0.2, -0.15) is 0 Å². The summed E-state index contributed by atoms with van der Waals surface area (Å²) < 4.78 is 3.36. The van der Waals surface area contributed by atoms with E-state index < -0.39 is 5.97 Å². The van der Waals surface area contributed by atoms with Crippen molar-refractivity contribution in [2.24, 2.45) is 7.05 Å². The number of hydrogen-bond donors (Lipinski definition) is 1. The highest BCUT2D eigenvalue weighted by atomic mass is 16.4. The third kappa shape index (κ3) is 1.80. The number of carbonyl (C=O) groups is 1. The molecule has 1 aromatic carbocycles. The molecule has 0 aliphatic carbocycles. The normalized spacial score (nSPS) is 10.8. The highest BCUT2D eigenvalue weighted by Gasteiger charge is 2.11. The van der Waals surface area contributed by atoms with Crippen molar-refractivity contribution in [1.29, 1.82) is 0 Å². The number of aromatic nitrogens is 2. The van der Waals surface area contributed by atoms with Gasteiger partial charge >= 0.3 is 5.97 Å². The highest BCUT2D eigenvalue weighted by Crippen LogP contribution is 2.24. The second-order valence-corrected chi connectivity index (χ2v) is 4.57. The van der Waals surface area contributed by atoms with Crippen LogP contribution in [0.2, 0.25) is 0 Å². The summed E-state index contributed by atoms with van der Waals surface area (Å²) in [5, 5.41) is 9.88. The molecule has 0 unspecified atom stereocenters. The number of carboxylic acids is 1. The van der Waals surface area contributed by atoms with Gasteiger partial charge in [0.25, 0.3) is 5.56 Å². The Bertz CT molecular complexity index is 874. The molecule has 1 N–H and O–H groups in total. The smallest absolute Gasteiger partial charge is 0.335 e. The average molecular weight is 268 g/mol. The lowest BCUT2D eigenvalue weighted by Crippen LogP contribution is -2.15. The number of carboxylic acid groups (broad SMARTS) is 1. The summed E-state index contributed by atoms with van der Waals surface area (Å²) in [6.07, 6.45) is 3.51. The van der Waals surface area contributed by atoms with Crippen LogP contribution in [0, 0.1) is 0 Å². The summed E-state index contributed by atoms with van der Waals surface area (Å²) in [4.78, 5) is 22.9. The fourth-order valence-corrected chi connectivity index (χ4v) is 2.31. The van der Waals surface area contributed by atoms with Gasteiger partial charge in [0.2, 0.25) is 0 Å². The maximum Gasteiger partial charge on any atom is 0.335 e. The standard InChI is InChI=1S/C15H12N2O3/c1-16-9-13(17-7-3-2-4-14(17)18)11-6-5-10(15(19)20)8-12(11)16/h2-9H,1H3,(H,19,20). The molecule has 0 aliphatic rings. The minimum absolute atomic E-state index is 0.123. The fourth-order valence-electron chi connectivity index (χ4n) is 2.31. The topological polar surface area (TPSA) is 64.2 Å². The van der Waals surface area contributed by atoms with E-state index in [0.29, 0.717) is 0 Å². The number of fused-ring (bicyclic) bond motifs is 1. The zero-order valence-corrected chi connectivity index (χ0v) is 10.8. The number of nitrogens with zero attached hydrogens (tertiary/aromatic N) is 2. The molecule has 0 aliphatic heterocycles. The van der Waals surface area contributed by atoms with Crippen molar-refractivity contribution in [3.05, 3.63) is 64.7 Å². The molecular weight excluding hydrogens is 256 g/mol. The van der Waals surface area contributed by atoms with E-state index in [1.165, 1.54) is 6.07 Å². The van der Waals surface area contributed by atoms with Crippen LogP contribution in [0.25, 0.3) is 16.6 Å². The Balaban J connectivity index is 2.32. The van der Waals surface area contributed by atoms with Crippen LogP contribution in [-0.4, -0.2) is 20.2 Å². The Morgan fingerprint density at radius 1 is 1.20 bits per heavy atom. The molecule has 5 heteroatoms. The van der Waals surface area contributed by atoms with Crippen molar-refractivity contribution >= 4 is 16.9 Å². The summed E-state index contributed by atoms with van der Waals surface area (Å²) in [7, 11) is 1.82. The number of hydrogen-bond acceptors (Lipinski definition) is 2. The molecule has 0 fully saturated rings. The lowest BCUT2D eigenvalue weighted by Gasteiger charge is -2.02. The molecule has 0 amide bonds.